The predicted octanol–water partition coefficient (Wildman–Crippen LogP) is -0.516. The highest BCUT2D eigenvalue weighted by Gasteiger charge is 2.54. The van der Waals surface area contributed by atoms with E-state index in [1.807, 2.05) is 0 Å². The molecule has 18 heavy (non-hydrogen) atoms. The minimum absolute atomic E-state index is 0.0711. The van der Waals surface area contributed by atoms with Gasteiger partial charge in [-0.3, -0.25) is 14.4 Å². The van der Waals surface area contributed by atoms with Crippen LogP contribution in [0.5, 0.6) is 0 Å². The van der Waals surface area contributed by atoms with Crippen molar-refractivity contribution in [1.29, 1.82) is 0 Å². The Balaban J connectivity index is 3.14. The molecule has 0 amide bonds. The quantitative estimate of drug-likeness (QED) is 0.534. The molecule has 0 bridgehead atoms. The van der Waals surface area contributed by atoms with E-state index in [2.05, 4.69) is 9.47 Å². The van der Waals surface area contributed by atoms with Crippen LogP contribution in [-0.2, 0) is 28.7 Å². The van der Waals surface area contributed by atoms with Crippen LogP contribution in [0.15, 0.2) is 0 Å². The first-order valence-electron chi connectivity index (χ1n) is 5.31. The summed E-state index contributed by atoms with van der Waals surface area (Å²) < 4.78 is 9.03. The second-order valence-electron chi connectivity index (χ2n) is 4.08. The van der Waals surface area contributed by atoms with E-state index in [1.54, 1.807) is 0 Å². The number of carbonyl (C=O) groups is 4. The Bertz CT molecular complexity index is 376. The molecule has 0 aromatic carbocycles. The van der Waals surface area contributed by atoms with Crippen molar-refractivity contribution in [1.82, 2.24) is 0 Å². The van der Waals surface area contributed by atoms with Crippen molar-refractivity contribution in [2.45, 2.75) is 6.42 Å². The van der Waals surface area contributed by atoms with Gasteiger partial charge < -0.3 is 19.4 Å². The zero-order valence-corrected chi connectivity index (χ0v) is 9.99. The number of aldehydes is 1. The van der Waals surface area contributed by atoms with Crippen LogP contribution >= 0.6 is 0 Å². The summed E-state index contributed by atoms with van der Waals surface area (Å²) in [5, 5.41) is 9.04. The third-order valence-electron chi connectivity index (χ3n) is 3.25. The largest absolute Gasteiger partial charge is 0.481 e. The lowest BCUT2D eigenvalue weighted by Crippen LogP contribution is -2.35. The van der Waals surface area contributed by atoms with Gasteiger partial charge in [-0.25, -0.2) is 0 Å². The molecule has 1 aliphatic carbocycles. The van der Waals surface area contributed by atoms with E-state index in [1.165, 1.54) is 0 Å². The van der Waals surface area contributed by atoms with Crippen molar-refractivity contribution in [3.8, 4) is 0 Å². The summed E-state index contributed by atoms with van der Waals surface area (Å²) in [6, 6.07) is 0. The number of rotatable bonds is 4. The molecule has 0 radical (unpaired) electrons. The Hall–Kier alpha value is -1.92. The van der Waals surface area contributed by atoms with Gasteiger partial charge in [-0.1, -0.05) is 0 Å². The minimum Gasteiger partial charge on any atom is -0.481 e. The van der Waals surface area contributed by atoms with Crippen molar-refractivity contribution in [2.24, 2.45) is 23.7 Å². The summed E-state index contributed by atoms with van der Waals surface area (Å²) in [6.07, 6.45) is 0.416. The molecule has 0 aliphatic heterocycles. The zero-order valence-electron chi connectivity index (χ0n) is 9.99. The first-order valence-corrected chi connectivity index (χ1v) is 5.31. The molecule has 0 spiro atoms. The first-order chi connectivity index (χ1) is 8.47. The number of carbonyl (C=O) groups excluding carboxylic acids is 3. The Labute approximate surface area is 103 Å². The predicted molar refractivity (Wildman–Crippen MR) is 56.3 cm³/mol. The second-order valence-corrected chi connectivity index (χ2v) is 4.08. The van der Waals surface area contributed by atoms with Gasteiger partial charge in [-0.05, 0) is 6.42 Å². The topological polar surface area (TPSA) is 107 Å². The molecule has 100 valence electrons. The van der Waals surface area contributed by atoms with Crippen molar-refractivity contribution >= 4 is 24.2 Å². The normalized spacial score (nSPS) is 30.6. The molecular formula is C11H14O7. The molecule has 1 saturated carbocycles. The van der Waals surface area contributed by atoms with Crippen molar-refractivity contribution in [3.05, 3.63) is 0 Å². The van der Waals surface area contributed by atoms with Crippen molar-refractivity contribution in [3.63, 3.8) is 0 Å². The highest BCUT2D eigenvalue weighted by Crippen LogP contribution is 2.42. The van der Waals surface area contributed by atoms with Gasteiger partial charge in [0.2, 0.25) is 0 Å². The van der Waals surface area contributed by atoms with Crippen LogP contribution in [0.25, 0.3) is 0 Å². The van der Waals surface area contributed by atoms with E-state index in [0.29, 0.717) is 6.29 Å². The Kier molecular flexibility index (Phi) is 4.41. The molecule has 1 fully saturated rings. The molecular weight excluding hydrogens is 244 g/mol. The number of hydrogen-bond acceptors (Lipinski definition) is 6. The zero-order chi connectivity index (χ0) is 13.9. The van der Waals surface area contributed by atoms with Gasteiger partial charge in [-0.2, -0.15) is 0 Å². The molecule has 0 heterocycles. The van der Waals surface area contributed by atoms with Gasteiger partial charge >= 0.3 is 17.9 Å². The second kappa shape index (κ2) is 5.61. The molecule has 0 saturated heterocycles. The molecule has 1 aliphatic rings. The Morgan fingerprint density at radius 1 is 1.11 bits per heavy atom. The van der Waals surface area contributed by atoms with Crippen LogP contribution in [-0.4, -0.2) is 43.5 Å². The van der Waals surface area contributed by atoms with Crippen molar-refractivity contribution < 1.29 is 33.8 Å². The standard InChI is InChI=1S/C11H14O7/c1-17-10(15)7-5(4-12)3-6(9(13)14)8(7)11(16)18-2/h4-8H,3H2,1-2H3,(H,13,14)/t5-,6-,7+,8+/m1/s1. The van der Waals surface area contributed by atoms with Gasteiger partial charge in [0.1, 0.15) is 6.29 Å². The van der Waals surface area contributed by atoms with E-state index in [0.717, 1.165) is 14.2 Å². The van der Waals surface area contributed by atoms with Gasteiger partial charge in [0.05, 0.1) is 32.0 Å². The summed E-state index contributed by atoms with van der Waals surface area (Å²) in [5.41, 5.74) is 0. The Morgan fingerprint density at radius 3 is 2.00 bits per heavy atom. The van der Waals surface area contributed by atoms with Gasteiger partial charge in [0, 0.05) is 5.92 Å². The number of ether oxygens (including phenoxy) is 2. The lowest BCUT2D eigenvalue weighted by atomic mass is 9.87. The third kappa shape index (κ3) is 2.34. The van der Waals surface area contributed by atoms with Gasteiger partial charge in [-0.15, -0.1) is 0 Å². The summed E-state index contributed by atoms with van der Waals surface area (Å²) in [4.78, 5) is 45.2. The van der Waals surface area contributed by atoms with Crippen LogP contribution in [0.4, 0.5) is 0 Å². The first kappa shape index (κ1) is 14.1. The molecule has 7 nitrogen and oxygen atoms in total. The third-order valence-corrected chi connectivity index (χ3v) is 3.25. The van der Waals surface area contributed by atoms with Crippen LogP contribution in [0.3, 0.4) is 0 Å². The summed E-state index contributed by atoms with van der Waals surface area (Å²) in [7, 11) is 2.22. The highest BCUT2D eigenvalue weighted by atomic mass is 16.5. The molecule has 0 aromatic rings. The lowest BCUT2D eigenvalue weighted by Gasteiger charge is -2.19. The van der Waals surface area contributed by atoms with Crippen LogP contribution in [0.2, 0.25) is 0 Å². The number of hydrogen-bond donors (Lipinski definition) is 1. The van der Waals surface area contributed by atoms with E-state index < -0.39 is 41.6 Å². The average molecular weight is 258 g/mol. The molecule has 4 atom stereocenters. The SMILES string of the molecule is COC(=O)[C@@H]1[C@@H](C(=O)OC)[C@H](C(=O)O)C[C@@H]1C=O. The maximum atomic E-state index is 11.6. The van der Waals surface area contributed by atoms with Crippen molar-refractivity contribution in [2.75, 3.05) is 14.2 Å². The smallest absolute Gasteiger partial charge is 0.310 e. The minimum atomic E-state index is -1.23. The molecule has 0 unspecified atom stereocenters. The summed E-state index contributed by atoms with van der Waals surface area (Å²) in [5.74, 6) is -7.06. The fraction of sp³-hybridized carbons (Fsp3) is 0.636. The van der Waals surface area contributed by atoms with E-state index >= 15 is 0 Å². The summed E-state index contributed by atoms with van der Waals surface area (Å²) in [6.45, 7) is 0. The molecule has 7 heteroatoms. The highest BCUT2D eigenvalue weighted by molar-refractivity contribution is 5.90. The van der Waals surface area contributed by atoms with E-state index in [9.17, 15) is 19.2 Å². The lowest BCUT2D eigenvalue weighted by molar-refractivity contribution is -0.162. The maximum Gasteiger partial charge on any atom is 0.310 e. The van der Waals surface area contributed by atoms with Crippen LogP contribution in [0, 0.1) is 23.7 Å². The van der Waals surface area contributed by atoms with Gasteiger partial charge in [0.25, 0.3) is 0 Å². The fourth-order valence-electron chi connectivity index (χ4n) is 2.40. The number of carboxylic acids is 1. The maximum absolute atomic E-state index is 11.6. The van der Waals surface area contributed by atoms with Crippen LogP contribution < -0.4 is 0 Å². The summed E-state index contributed by atoms with van der Waals surface area (Å²) >= 11 is 0. The number of aliphatic carboxylic acids is 1. The van der Waals surface area contributed by atoms with E-state index in [4.69, 9.17) is 5.11 Å². The number of carboxylic acid groups (broad SMARTS) is 1. The number of esters is 2. The Morgan fingerprint density at radius 2 is 1.61 bits per heavy atom. The van der Waals surface area contributed by atoms with E-state index in [-0.39, 0.29) is 6.42 Å². The molecule has 1 N–H and O–H groups in total. The molecule has 0 aromatic heterocycles. The fourth-order valence-corrected chi connectivity index (χ4v) is 2.40. The van der Waals surface area contributed by atoms with Gasteiger partial charge in [0.15, 0.2) is 0 Å². The number of methoxy groups -OCH3 is 2. The monoisotopic (exact) mass is 258 g/mol. The van der Waals surface area contributed by atoms with Crippen LogP contribution in [0.1, 0.15) is 6.42 Å². The molecule has 1 rings (SSSR count). The average Bonchev–Trinajstić information content (AvgIpc) is 2.76.